The van der Waals surface area contributed by atoms with Crippen molar-refractivity contribution in [2.75, 3.05) is 25.0 Å². The number of sulfonamides is 1. The Labute approximate surface area is 222 Å². The predicted octanol–water partition coefficient (Wildman–Crippen LogP) is 3.66. The standard InChI is InChI=1S/C26H24N4O6S2/c1-2-36-26(33)22-20-16-37-24(21(20)25(32)30(28-22)18-8-4-3-5-9-18)27-23(31)17-10-12-19(13-11-17)38(34,35)29-14-6-7-15-29/h3-5,8-13,16H,2,6-7,14-15H2,1H3,(H,27,31). The third kappa shape index (κ3) is 4.73. The van der Waals surface area contributed by atoms with Gasteiger partial charge in [-0.3, -0.25) is 9.59 Å². The topological polar surface area (TPSA) is 128 Å². The molecule has 0 unspecified atom stereocenters. The Morgan fingerprint density at radius 3 is 2.39 bits per heavy atom. The van der Waals surface area contributed by atoms with Gasteiger partial charge in [0.25, 0.3) is 11.5 Å². The summed E-state index contributed by atoms with van der Waals surface area (Å²) in [7, 11) is -3.61. The largest absolute Gasteiger partial charge is 0.461 e. The van der Waals surface area contributed by atoms with Gasteiger partial charge >= 0.3 is 5.97 Å². The lowest BCUT2D eigenvalue weighted by atomic mass is 10.2. The Morgan fingerprint density at radius 1 is 1.05 bits per heavy atom. The number of rotatable bonds is 7. The van der Waals surface area contributed by atoms with Crippen LogP contribution in [-0.2, 0) is 14.8 Å². The first-order valence-corrected chi connectivity index (χ1v) is 14.3. The molecule has 10 nitrogen and oxygen atoms in total. The van der Waals surface area contributed by atoms with E-state index in [1.165, 1.54) is 28.6 Å². The third-order valence-corrected chi connectivity index (χ3v) is 8.98. The highest BCUT2D eigenvalue weighted by atomic mass is 32.2. The van der Waals surface area contributed by atoms with Crippen LogP contribution in [-0.4, -0.2) is 54.1 Å². The number of esters is 1. The van der Waals surface area contributed by atoms with E-state index in [-0.39, 0.29) is 38.5 Å². The Bertz CT molecular complexity index is 1670. The number of nitrogens with one attached hydrogen (secondary N) is 1. The monoisotopic (exact) mass is 552 g/mol. The fourth-order valence-corrected chi connectivity index (χ4v) is 6.72. The van der Waals surface area contributed by atoms with Gasteiger partial charge in [-0.25, -0.2) is 13.2 Å². The van der Waals surface area contributed by atoms with Crippen LogP contribution in [0.5, 0.6) is 0 Å². The van der Waals surface area contributed by atoms with Crippen molar-refractivity contribution in [1.82, 2.24) is 14.1 Å². The molecule has 0 bridgehead atoms. The first-order chi connectivity index (χ1) is 18.3. The number of carbonyl (C=O) groups is 2. The second-order valence-electron chi connectivity index (χ2n) is 8.56. The van der Waals surface area contributed by atoms with Gasteiger partial charge in [0.15, 0.2) is 5.69 Å². The van der Waals surface area contributed by atoms with Crippen LogP contribution >= 0.6 is 11.3 Å². The summed E-state index contributed by atoms with van der Waals surface area (Å²) in [6.07, 6.45) is 1.65. The van der Waals surface area contributed by atoms with E-state index in [1.54, 1.807) is 42.6 Å². The molecule has 1 amide bonds. The van der Waals surface area contributed by atoms with Gasteiger partial charge in [-0.15, -0.1) is 11.3 Å². The number of nitrogens with zero attached hydrogens (tertiary/aromatic N) is 3. The first kappa shape index (κ1) is 25.8. The highest BCUT2D eigenvalue weighted by Crippen LogP contribution is 2.31. The number of amides is 1. The molecular weight excluding hydrogens is 528 g/mol. The van der Waals surface area contributed by atoms with Gasteiger partial charge in [0.2, 0.25) is 10.0 Å². The van der Waals surface area contributed by atoms with Gasteiger partial charge < -0.3 is 10.1 Å². The summed E-state index contributed by atoms with van der Waals surface area (Å²) in [6, 6.07) is 14.3. The lowest BCUT2D eigenvalue weighted by Gasteiger charge is -2.15. The molecule has 1 fully saturated rings. The first-order valence-electron chi connectivity index (χ1n) is 12.0. The van der Waals surface area contributed by atoms with Crippen LogP contribution in [0.1, 0.15) is 40.6 Å². The normalized spacial score (nSPS) is 14.0. The number of hydrogen-bond donors (Lipinski definition) is 1. The van der Waals surface area contributed by atoms with Gasteiger partial charge in [-0.05, 0) is 56.2 Å². The van der Waals surface area contributed by atoms with E-state index in [2.05, 4.69) is 10.4 Å². The van der Waals surface area contributed by atoms with E-state index < -0.39 is 27.5 Å². The van der Waals surface area contributed by atoms with Crippen molar-refractivity contribution >= 4 is 49.0 Å². The molecule has 0 radical (unpaired) electrons. The number of anilines is 1. The maximum atomic E-state index is 13.5. The van der Waals surface area contributed by atoms with Crippen molar-refractivity contribution < 1.29 is 22.7 Å². The van der Waals surface area contributed by atoms with Gasteiger partial charge in [-0.2, -0.15) is 14.1 Å². The average Bonchev–Trinajstić information content (AvgIpc) is 3.61. The fraction of sp³-hybridized carbons (Fsp3) is 0.231. The van der Waals surface area contributed by atoms with Crippen molar-refractivity contribution in [2.45, 2.75) is 24.7 Å². The molecule has 12 heteroatoms. The summed E-state index contributed by atoms with van der Waals surface area (Å²) in [5, 5.41) is 9.21. The predicted molar refractivity (Wildman–Crippen MR) is 144 cm³/mol. The van der Waals surface area contributed by atoms with E-state index in [9.17, 15) is 22.8 Å². The van der Waals surface area contributed by atoms with Crippen LogP contribution < -0.4 is 10.9 Å². The average molecular weight is 553 g/mol. The summed E-state index contributed by atoms with van der Waals surface area (Å²) in [6.45, 7) is 2.77. The molecule has 196 valence electrons. The second kappa shape index (κ2) is 10.5. The summed E-state index contributed by atoms with van der Waals surface area (Å²) in [4.78, 5) is 39.4. The van der Waals surface area contributed by atoms with Crippen molar-refractivity contribution in [3.8, 4) is 5.69 Å². The van der Waals surface area contributed by atoms with Crippen molar-refractivity contribution in [2.24, 2.45) is 0 Å². The number of thiophene rings is 1. The Morgan fingerprint density at radius 2 is 1.74 bits per heavy atom. The highest BCUT2D eigenvalue weighted by molar-refractivity contribution is 7.89. The quantitative estimate of drug-likeness (QED) is 0.347. The molecule has 4 aromatic rings. The molecule has 1 N–H and O–H groups in total. The molecule has 0 atom stereocenters. The number of carbonyl (C=O) groups excluding carboxylic acids is 2. The number of fused-ring (bicyclic) bond motifs is 1. The molecule has 5 rings (SSSR count). The highest BCUT2D eigenvalue weighted by Gasteiger charge is 2.27. The van der Waals surface area contributed by atoms with Crippen LogP contribution in [0.25, 0.3) is 16.5 Å². The van der Waals surface area contributed by atoms with Gasteiger partial charge in [0.05, 0.1) is 22.6 Å². The second-order valence-corrected chi connectivity index (χ2v) is 11.4. The molecule has 1 saturated heterocycles. The lowest BCUT2D eigenvalue weighted by molar-refractivity contribution is 0.0520. The van der Waals surface area contributed by atoms with E-state index in [4.69, 9.17) is 4.74 Å². The zero-order valence-electron chi connectivity index (χ0n) is 20.4. The molecule has 0 aliphatic carbocycles. The van der Waals surface area contributed by atoms with Crippen LogP contribution in [0.2, 0.25) is 0 Å². The SMILES string of the molecule is CCOC(=O)c1nn(-c2ccccc2)c(=O)c2c(NC(=O)c3ccc(S(=O)(=O)N4CCCC4)cc3)scc12. The minimum Gasteiger partial charge on any atom is -0.461 e. The Hall–Kier alpha value is -3.87. The smallest absolute Gasteiger partial charge is 0.359 e. The molecule has 3 heterocycles. The number of benzene rings is 2. The third-order valence-electron chi connectivity index (χ3n) is 6.17. The van der Waals surface area contributed by atoms with Gasteiger partial charge in [0, 0.05) is 29.4 Å². The number of para-hydroxylation sites is 1. The molecule has 1 aliphatic rings. The maximum absolute atomic E-state index is 13.5. The van der Waals surface area contributed by atoms with Crippen LogP contribution in [0.3, 0.4) is 0 Å². The maximum Gasteiger partial charge on any atom is 0.359 e. The van der Waals surface area contributed by atoms with Crippen molar-refractivity contribution in [3.05, 3.63) is 81.6 Å². The molecule has 1 aliphatic heterocycles. The van der Waals surface area contributed by atoms with Gasteiger partial charge in [0.1, 0.15) is 5.00 Å². The molecule has 2 aromatic heterocycles. The molecule has 0 spiro atoms. The zero-order valence-corrected chi connectivity index (χ0v) is 22.0. The molecule has 0 saturated carbocycles. The van der Waals surface area contributed by atoms with Crippen LogP contribution in [0, 0.1) is 0 Å². The summed E-state index contributed by atoms with van der Waals surface area (Å²) in [5.74, 6) is -1.22. The van der Waals surface area contributed by atoms with Gasteiger partial charge in [-0.1, -0.05) is 18.2 Å². The van der Waals surface area contributed by atoms with E-state index in [0.717, 1.165) is 28.9 Å². The Kier molecular flexibility index (Phi) is 7.11. The number of hydrogen-bond acceptors (Lipinski definition) is 8. The van der Waals surface area contributed by atoms with E-state index in [0.29, 0.717) is 18.8 Å². The molecular formula is C26H24N4O6S2. The molecule has 2 aromatic carbocycles. The fourth-order valence-electron chi connectivity index (χ4n) is 4.27. The van der Waals surface area contributed by atoms with Crippen LogP contribution in [0.15, 0.2) is 69.7 Å². The van der Waals surface area contributed by atoms with Crippen molar-refractivity contribution in [3.63, 3.8) is 0 Å². The summed E-state index contributed by atoms with van der Waals surface area (Å²) < 4.78 is 33.3. The summed E-state index contributed by atoms with van der Waals surface area (Å²) in [5.41, 5.74) is 0.111. The lowest BCUT2D eigenvalue weighted by Crippen LogP contribution is -2.27. The minimum atomic E-state index is -3.61. The zero-order chi connectivity index (χ0) is 26.9. The summed E-state index contributed by atoms with van der Waals surface area (Å²) >= 11 is 1.08. The molecule has 38 heavy (non-hydrogen) atoms. The minimum absolute atomic E-state index is 0.0430. The van der Waals surface area contributed by atoms with E-state index in [1.807, 2.05) is 0 Å². The number of ether oxygens (including phenoxy) is 1. The number of aromatic nitrogens is 2. The van der Waals surface area contributed by atoms with Crippen molar-refractivity contribution in [1.29, 1.82) is 0 Å². The van der Waals surface area contributed by atoms with Crippen LogP contribution in [0.4, 0.5) is 5.00 Å². The van der Waals surface area contributed by atoms with E-state index >= 15 is 0 Å². The Balaban J connectivity index is 1.50.